The lowest BCUT2D eigenvalue weighted by atomic mass is 9.78. The first kappa shape index (κ1) is 19.5. The Morgan fingerprint density at radius 3 is 2.72 bits per heavy atom. The molecular formula is C23H24FNO4. The van der Waals surface area contributed by atoms with Gasteiger partial charge in [0.15, 0.2) is 0 Å². The maximum atomic E-state index is 14.1. The Morgan fingerprint density at radius 1 is 1.31 bits per heavy atom. The van der Waals surface area contributed by atoms with E-state index in [-0.39, 0.29) is 23.6 Å². The molecule has 0 spiro atoms. The van der Waals surface area contributed by atoms with Crippen molar-refractivity contribution in [2.45, 2.75) is 44.8 Å². The highest BCUT2D eigenvalue weighted by Crippen LogP contribution is 2.34. The van der Waals surface area contributed by atoms with Gasteiger partial charge in [-0.2, -0.15) is 0 Å². The van der Waals surface area contributed by atoms with E-state index in [4.69, 9.17) is 9.15 Å². The van der Waals surface area contributed by atoms with Crippen LogP contribution in [-0.4, -0.2) is 23.2 Å². The van der Waals surface area contributed by atoms with E-state index in [0.29, 0.717) is 28.0 Å². The number of hydrogen-bond acceptors (Lipinski definition) is 4. The van der Waals surface area contributed by atoms with Crippen molar-refractivity contribution in [3.63, 3.8) is 0 Å². The molecule has 0 bridgehead atoms. The number of hydrogen-bond donors (Lipinski definition) is 2. The van der Waals surface area contributed by atoms with Gasteiger partial charge < -0.3 is 19.6 Å². The van der Waals surface area contributed by atoms with Gasteiger partial charge in [-0.1, -0.05) is 18.2 Å². The Labute approximate surface area is 168 Å². The highest BCUT2D eigenvalue weighted by Gasteiger charge is 2.34. The standard InChI is InChI=1S/C23H24FNO4/c1-14-21(22(27)25-23(2)10-5-11-23)17-12-15(8-9-19(17)28-14)29-20(13-26)16-6-3-4-7-18(16)24/h3-4,6-9,12,20,26H,5,10-11,13H2,1-2H3,(H,25,27). The third-order valence-corrected chi connectivity index (χ3v) is 5.63. The second-order valence-corrected chi connectivity index (χ2v) is 7.87. The molecule has 1 amide bonds. The molecule has 2 aromatic carbocycles. The molecule has 152 valence electrons. The molecule has 3 aromatic rings. The minimum absolute atomic E-state index is 0.173. The molecule has 1 aliphatic carbocycles. The Morgan fingerprint density at radius 2 is 2.07 bits per heavy atom. The van der Waals surface area contributed by atoms with Crippen LogP contribution >= 0.6 is 0 Å². The molecule has 29 heavy (non-hydrogen) atoms. The predicted octanol–water partition coefficient (Wildman–Crippen LogP) is 4.67. The number of aryl methyl sites for hydroxylation is 1. The summed E-state index contributed by atoms with van der Waals surface area (Å²) in [4.78, 5) is 12.9. The Kier molecular flexibility index (Phi) is 5.04. The number of halogens is 1. The van der Waals surface area contributed by atoms with Crippen molar-refractivity contribution in [3.8, 4) is 5.75 Å². The molecule has 2 N–H and O–H groups in total. The molecule has 0 radical (unpaired) electrons. The zero-order valence-corrected chi connectivity index (χ0v) is 16.5. The largest absolute Gasteiger partial charge is 0.483 e. The Hall–Kier alpha value is -2.86. The summed E-state index contributed by atoms with van der Waals surface area (Å²) in [7, 11) is 0. The quantitative estimate of drug-likeness (QED) is 0.634. The fourth-order valence-electron chi connectivity index (χ4n) is 3.82. The van der Waals surface area contributed by atoms with Crippen LogP contribution in [0.4, 0.5) is 4.39 Å². The average Bonchev–Trinajstić information content (AvgIpc) is 3.00. The summed E-state index contributed by atoms with van der Waals surface area (Å²) in [6.45, 7) is 3.42. The van der Waals surface area contributed by atoms with E-state index < -0.39 is 11.9 Å². The van der Waals surface area contributed by atoms with Gasteiger partial charge in [-0.3, -0.25) is 4.79 Å². The number of amides is 1. The first-order valence-electron chi connectivity index (χ1n) is 9.78. The molecule has 6 heteroatoms. The van der Waals surface area contributed by atoms with E-state index in [1.54, 1.807) is 43.3 Å². The number of fused-ring (bicyclic) bond motifs is 1. The molecule has 0 aliphatic heterocycles. The zero-order valence-electron chi connectivity index (χ0n) is 16.5. The number of furan rings is 1. The van der Waals surface area contributed by atoms with E-state index in [2.05, 4.69) is 5.32 Å². The van der Waals surface area contributed by atoms with E-state index in [1.165, 1.54) is 6.07 Å². The minimum Gasteiger partial charge on any atom is -0.483 e. The maximum absolute atomic E-state index is 14.1. The summed E-state index contributed by atoms with van der Waals surface area (Å²) in [5.41, 5.74) is 1.15. The van der Waals surface area contributed by atoms with Crippen LogP contribution in [0.25, 0.3) is 11.0 Å². The molecular weight excluding hydrogens is 373 g/mol. The van der Waals surface area contributed by atoms with E-state index >= 15 is 0 Å². The van der Waals surface area contributed by atoms with Gasteiger partial charge in [-0.25, -0.2) is 4.39 Å². The van der Waals surface area contributed by atoms with E-state index in [9.17, 15) is 14.3 Å². The lowest BCUT2D eigenvalue weighted by Crippen LogP contribution is -2.51. The van der Waals surface area contributed by atoms with Crippen LogP contribution in [0.2, 0.25) is 0 Å². The topological polar surface area (TPSA) is 71.7 Å². The number of carbonyl (C=O) groups excluding carboxylic acids is 1. The SMILES string of the molecule is Cc1oc2ccc(OC(CO)c3ccccc3F)cc2c1C(=O)NC1(C)CCC1. The number of nitrogens with one attached hydrogen (secondary N) is 1. The van der Waals surface area contributed by atoms with Crippen LogP contribution < -0.4 is 10.1 Å². The van der Waals surface area contributed by atoms with Gasteiger partial charge in [0.25, 0.3) is 5.91 Å². The number of aliphatic hydroxyl groups is 1. The smallest absolute Gasteiger partial charge is 0.255 e. The van der Waals surface area contributed by atoms with Crippen LogP contribution in [0.5, 0.6) is 5.75 Å². The van der Waals surface area contributed by atoms with Crippen LogP contribution in [0, 0.1) is 12.7 Å². The van der Waals surface area contributed by atoms with Gasteiger partial charge in [0.2, 0.25) is 0 Å². The molecule has 1 aromatic heterocycles. The van der Waals surface area contributed by atoms with Gasteiger partial charge >= 0.3 is 0 Å². The Balaban J connectivity index is 1.65. The third-order valence-electron chi connectivity index (χ3n) is 5.63. The highest BCUT2D eigenvalue weighted by molar-refractivity contribution is 6.07. The highest BCUT2D eigenvalue weighted by atomic mass is 19.1. The summed E-state index contributed by atoms with van der Waals surface area (Å²) in [5.74, 6) is 0.337. The monoisotopic (exact) mass is 397 g/mol. The van der Waals surface area contributed by atoms with Gasteiger partial charge in [0.05, 0.1) is 12.2 Å². The van der Waals surface area contributed by atoms with Crippen molar-refractivity contribution in [2.24, 2.45) is 0 Å². The maximum Gasteiger partial charge on any atom is 0.255 e. The van der Waals surface area contributed by atoms with Gasteiger partial charge in [-0.05, 0) is 57.4 Å². The van der Waals surface area contributed by atoms with Crippen molar-refractivity contribution < 1.29 is 23.4 Å². The summed E-state index contributed by atoms with van der Waals surface area (Å²) in [6.07, 6.45) is 2.18. The summed E-state index contributed by atoms with van der Waals surface area (Å²) >= 11 is 0. The van der Waals surface area contributed by atoms with E-state index in [1.807, 2.05) is 6.92 Å². The normalized spacial score (nSPS) is 16.3. The minimum atomic E-state index is -0.854. The lowest BCUT2D eigenvalue weighted by molar-refractivity contribution is 0.0850. The second-order valence-electron chi connectivity index (χ2n) is 7.87. The van der Waals surface area contributed by atoms with Gasteiger partial charge in [-0.15, -0.1) is 0 Å². The average molecular weight is 397 g/mol. The number of ether oxygens (including phenoxy) is 1. The molecule has 1 atom stereocenters. The Bertz CT molecular complexity index is 1050. The fourth-order valence-corrected chi connectivity index (χ4v) is 3.82. The van der Waals surface area contributed by atoms with Crippen molar-refractivity contribution in [1.82, 2.24) is 5.32 Å². The van der Waals surface area contributed by atoms with Crippen LogP contribution in [0.15, 0.2) is 46.9 Å². The number of carbonyl (C=O) groups is 1. The third kappa shape index (κ3) is 3.72. The molecule has 1 aliphatic rings. The molecule has 1 saturated carbocycles. The van der Waals surface area contributed by atoms with Crippen molar-refractivity contribution in [1.29, 1.82) is 0 Å². The van der Waals surface area contributed by atoms with Crippen LogP contribution in [0.3, 0.4) is 0 Å². The molecule has 1 unspecified atom stereocenters. The molecule has 0 saturated heterocycles. The number of rotatable bonds is 6. The number of aliphatic hydroxyl groups excluding tert-OH is 1. The van der Waals surface area contributed by atoms with Crippen LogP contribution in [0.1, 0.15) is 54.0 Å². The number of benzene rings is 2. The molecule has 1 heterocycles. The van der Waals surface area contributed by atoms with E-state index in [0.717, 1.165) is 19.3 Å². The molecule has 4 rings (SSSR count). The molecule has 1 fully saturated rings. The fraction of sp³-hybridized carbons (Fsp3) is 0.348. The lowest BCUT2D eigenvalue weighted by Gasteiger charge is -2.39. The van der Waals surface area contributed by atoms with Crippen molar-refractivity contribution in [3.05, 3.63) is 65.2 Å². The summed E-state index contributed by atoms with van der Waals surface area (Å²) < 4.78 is 25.7. The predicted molar refractivity (Wildman–Crippen MR) is 108 cm³/mol. The summed E-state index contributed by atoms with van der Waals surface area (Å²) in [6, 6.07) is 11.3. The summed E-state index contributed by atoms with van der Waals surface area (Å²) in [5, 5.41) is 13.4. The molecule has 5 nitrogen and oxygen atoms in total. The second kappa shape index (κ2) is 7.52. The van der Waals surface area contributed by atoms with Gasteiger partial charge in [0.1, 0.15) is 29.0 Å². The van der Waals surface area contributed by atoms with Crippen molar-refractivity contribution >= 4 is 16.9 Å². The van der Waals surface area contributed by atoms with Crippen molar-refractivity contribution in [2.75, 3.05) is 6.61 Å². The first-order valence-corrected chi connectivity index (χ1v) is 9.78. The first-order chi connectivity index (χ1) is 13.9. The van der Waals surface area contributed by atoms with Crippen LogP contribution in [-0.2, 0) is 0 Å². The van der Waals surface area contributed by atoms with Gasteiger partial charge in [0, 0.05) is 16.5 Å². The zero-order chi connectivity index (χ0) is 20.6.